The Balaban J connectivity index is 2.28. The zero-order chi connectivity index (χ0) is 20.0. The number of phenolic OH excluding ortho intramolecular Hbond substituents is 1. The van der Waals surface area contributed by atoms with E-state index in [1.165, 1.54) is 6.08 Å². The number of nitriles is 1. The third-order valence-corrected chi connectivity index (χ3v) is 4.45. The molecule has 27 heavy (non-hydrogen) atoms. The average Bonchev–Trinajstić information content (AvgIpc) is 2.65. The Kier molecular flexibility index (Phi) is 6.62. The quantitative estimate of drug-likeness (QED) is 0.589. The van der Waals surface area contributed by atoms with Crippen LogP contribution in [-0.4, -0.2) is 24.1 Å². The number of carbonyl (C=O) groups is 1. The summed E-state index contributed by atoms with van der Waals surface area (Å²) in [5.74, 6) is -0.467. The van der Waals surface area contributed by atoms with Gasteiger partial charge in [0.15, 0.2) is 0 Å². The molecule has 0 aliphatic carbocycles. The first kappa shape index (κ1) is 20.1. The first-order chi connectivity index (χ1) is 12.9. The second-order valence-corrected chi connectivity index (χ2v) is 6.36. The predicted molar refractivity (Wildman–Crippen MR) is 110 cm³/mol. The van der Waals surface area contributed by atoms with E-state index >= 15 is 0 Å². The van der Waals surface area contributed by atoms with E-state index in [0.29, 0.717) is 11.3 Å². The lowest BCUT2D eigenvalue weighted by atomic mass is 10.1. The summed E-state index contributed by atoms with van der Waals surface area (Å²) in [4.78, 5) is 14.6. The number of hydrogen-bond acceptors (Lipinski definition) is 4. The van der Waals surface area contributed by atoms with Gasteiger partial charge in [0.1, 0.15) is 17.4 Å². The Bertz CT molecular complexity index is 906. The zero-order valence-electron chi connectivity index (χ0n) is 16.2. The van der Waals surface area contributed by atoms with Crippen LogP contribution in [0.5, 0.6) is 5.75 Å². The molecule has 2 rings (SSSR count). The van der Waals surface area contributed by atoms with E-state index < -0.39 is 5.91 Å². The number of anilines is 2. The van der Waals surface area contributed by atoms with E-state index in [1.807, 2.05) is 58.0 Å². The van der Waals surface area contributed by atoms with E-state index in [9.17, 15) is 15.2 Å². The van der Waals surface area contributed by atoms with Crippen molar-refractivity contribution in [2.24, 2.45) is 0 Å². The number of aromatic hydroxyl groups is 1. The highest BCUT2D eigenvalue weighted by Crippen LogP contribution is 2.27. The smallest absolute Gasteiger partial charge is 0.266 e. The van der Waals surface area contributed by atoms with Crippen LogP contribution >= 0.6 is 0 Å². The fourth-order valence-corrected chi connectivity index (χ4v) is 2.80. The zero-order valence-corrected chi connectivity index (χ0v) is 16.2. The summed E-state index contributed by atoms with van der Waals surface area (Å²) in [7, 11) is 0. The number of amides is 1. The third-order valence-electron chi connectivity index (χ3n) is 4.45. The highest BCUT2D eigenvalue weighted by molar-refractivity contribution is 6.10. The summed E-state index contributed by atoms with van der Waals surface area (Å²) in [6, 6.07) is 12.9. The SMILES string of the molecule is CCN(CC)c1ccc(/C=C(\C#N)C(=O)Nc2cc(C)ccc2C)c(O)c1. The largest absolute Gasteiger partial charge is 0.507 e. The summed E-state index contributed by atoms with van der Waals surface area (Å²) < 4.78 is 0. The lowest BCUT2D eigenvalue weighted by Crippen LogP contribution is -2.21. The molecule has 0 saturated heterocycles. The summed E-state index contributed by atoms with van der Waals surface area (Å²) in [5.41, 5.74) is 3.86. The molecule has 0 aliphatic heterocycles. The first-order valence-corrected chi connectivity index (χ1v) is 8.98. The minimum Gasteiger partial charge on any atom is -0.507 e. The molecule has 5 heteroatoms. The molecule has 5 nitrogen and oxygen atoms in total. The van der Waals surface area contributed by atoms with Gasteiger partial charge in [-0.05, 0) is 63.1 Å². The fourth-order valence-electron chi connectivity index (χ4n) is 2.80. The molecule has 0 bridgehead atoms. The third kappa shape index (κ3) is 4.89. The number of aryl methyl sites for hydroxylation is 2. The van der Waals surface area contributed by atoms with E-state index in [-0.39, 0.29) is 11.3 Å². The van der Waals surface area contributed by atoms with E-state index in [2.05, 4.69) is 10.2 Å². The van der Waals surface area contributed by atoms with Crippen molar-refractivity contribution in [3.8, 4) is 11.8 Å². The van der Waals surface area contributed by atoms with Gasteiger partial charge < -0.3 is 15.3 Å². The van der Waals surface area contributed by atoms with Crippen LogP contribution in [0.1, 0.15) is 30.5 Å². The topological polar surface area (TPSA) is 76.4 Å². The lowest BCUT2D eigenvalue weighted by Gasteiger charge is -2.21. The van der Waals surface area contributed by atoms with Crippen molar-refractivity contribution >= 4 is 23.4 Å². The average molecular weight is 363 g/mol. The molecule has 0 unspecified atom stereocenters. The predicted octanol–water partition coefficient (Wildman–Crippen LogP) is 4.40. The van der Waals surface area contributed by atoms with Gasteiger partial charge in [0.05, 0.1) is 0 Å². The van der Waals surface area contributed by atoms with Crippen LogP contribution in [0.4, 0.5) is 11.4 Å². The van der Waals surface area contributed by atoms with Crippen molar-refractivity contribution in [2.45, 2.75) is 27.7 Å². The molecule has 0 heterocycles. The van der Waals surface area contributed by atoms with Gasteiger partial charge in [-0.2, -0.15) is 5.26 Å². The second kappa shape index (κ2) is 8.91. The molecular formula is C22H25N3O2. The summed E-state index contributed by atoms with van der Waals surface area (Å²) in [6.07, 6.45) is 1.40. The molecule has 0 spiro atoms. The van der Waals surface area contributed by atoms with Crippen LogP contribution in [0.25, 0.3) is 6.08 Å². The molecule has 0 radical (unpaired) electrons. The normalized spacial score (nSPS) is 11.0. The van der Waals surface area contributed by atoms with Crippen LogP contribution in [0.15, 0.2) is 42.0 Å². The molecule has 140 valence electrons. The number of nitrogens with zero attached hydrogens (tertiary/aromatic N) is 2. The molecule has 0 aliphatic rings. The van der Waals surface area contributed by atoms with Crippen LogP contribution in [0.2, 0.25) is 0 Å². The Morgan fingerprint density at radius 3 is 2.48 bits per heavy atom. The van der Waals surface area contributed by atoms with Crippen LogP contribution in [0, 0.1) is 25.2 Å². The van der Waals surface area contributed by atoms with Crippen LogP contribution < -0.4 is 10.2 Å². The molecule has 0 fully saturated rings. The number of benzene rings is 2. The highest BCUT2D eigenvalue weighted by atomic mass is 16.3. The maximum Gasteiger partial charge on any atom is 0.266 e. The van der Waals surface area contributed by atoms with Crippen molar-refractivity contribution in [3.05, 3.63) is 58.7 Å². The van der Waals surface area contributed by atoms with Crippen LogP contribution in [0.3, 0.4) is 0 Å². The fraction of sp³-hybridized carbons (Fsp3) is 0.273. The van der Waals surface area contributed by atoms with Gasteiger partial charge in [-0.1, -0.05) is 12.1 Å². The maximum absolute atomic E-state index is 12.5. The van der Waals surface area contributed by atoms with Gasteiger partial charge in [-0.25, -0.2) is 0 Å². The van der Waals surface area contributed by atoms with E-state index in [1.54, 1.807) is 12.1 Å². The Morgan fingerprint density at radius 2 is 1.89 bits per heavy atom. The van der Waals surface area contributed by atoms with Crippen LogP contribution in [-0.2, 0) is 4.79 Å². The molecular weight excluding hydrogens is 338 g/mol. The number of carbonyl (C=O) groups excluding carboxylic acids is 1. The Hall–Kier alpha value is -3.26. The van der Waals surface area contributed by atoms with Crippen molar-refractivity contribution in [1.82, 2.24) is 0 Å². The number of nitrogens with one attached hydrogen (secondary N) is 1. The minimum atomic E-state index is -0.501. The van der Waals surface area contributed by atoms with Gasteiger partial charge in [0.2, 0.25) is 0 Å². The Labute approximate surface area is 160 Å². The van der Waals surface area contributed by atoms with Gasteiger partial charge in [0, 0.05) is 36.1 Å². The van der Waals surface area contributed by atoms with Gasteiger partial charge >= 0.3 is 0 Å². The van der Waals surface area contributed by atoms with Crippen molar-refractivity contribution in [2.75, 3.05) is 23.3 Å². The molecule has 2 N–H and O–H groups in total. The molecule has 2 aromatic carbocycles. The molecule has 1 amide bonds. The number of phenols is 1. The van der Waals surface area contributed by atoms with Crippen molar-refractivity contribution in [3.63, 3.8) is 0 Å². The monoisotopic (exact) mass is 363 g/mol. The number of rotatable bonds is 6. The lowest BCUT2D eigenvalue weighted by molar-refractivity contribution is -0.112. The van der Waals surface area contributed by atoms with Gasteiger partial charge in [0.25, 0.3) is 5.91 Å². The minimum absolute atomic E-state index is 0.0340. The maximum atomic E-state index is 12.5. The standard InChI is InChI=1S/C22H25N3O2/c1-5-25(6-2)19-10-9-17(21(26)13-19)12-18(14-23)22(27)24-20-11-15(3)7-8-16(20)4/h7-13,26H,5-6H2,1-4H3,(H,24,27)/b18-12+. The first-order valence-electron chi connectivity index (χ1n) is 8.98. The molecule has 0 atom stereocenters. The van der Waals surface area contributed by atoms with Gasteiger partial charge in [-0.3, -0.25) is 4.79 Å². The summed E-state index contributed by atoms with van der Waals surface area (Å²) in [5, 5.41) is 22.5. The second-order valence-electron chi connectivity index (χ2n) is 6.36. The number of hydrogen-bond donors (Lipinski definition) is 2. The summed E-state index contributed by atoms with van der Waals surface area (Å²) >= 11 is 0. The molecule has 0 aromatic heterocycles. The molecule has 2 aromatic rings. The highest BCUT2D eigenvalue weighted by Gasteiger charge is 2.13. The molecule has 0 saturated carbocycles. The van der Waals surface area contributed by atoms with Crippen molar-refractivity contribution in [1.29, 1.82) is 5.26 Å². The van der Waals surface area contributed by atoms with E-state index in [0.717, 1.165) is 29.9 Å². The van der Waals surface area contributed by atoms with Gasteiger partial charge in [-0.15, -0.1) is 0 Å². The Morgan fingerprint density at radius 1 is 1.19 bits per heavy atom. The van der Waals surface area contributed by atoms with Crippen molar-refractivity contribution < 1.29 is 9.90 Å². The summed E-state index contributed by atoms with van der Waals surface area (Å²) in [6.45, 7) is 9.56. The van der Waals surface area contributed by atoms with E-state index in [4.69, 9.17) is 0 Å².